The maximum atomic E-state index is 11.7. The second-order valence-electron chi connectivity index (χ2n) is 7.22. The Balaban J connectivity index is 1.63. The zero-order valence-corrected chi connectivity index (χ0v) is 14.1. The molecule has 0 bridgehead atoms. The molecule has 2 aliphatic rings. The molecule has 4 N–H and O–H groups in total. The van der Waals surface area contributed by atoms with Crippen LogP contribution in [0.2, 0.25) is 6.32 Å². The predicted octanol–water partition coefficient (Wildman–Crippen LogP) is 0.782. The SMILES string of the molecule is [B]CCC[C@H]1CN(C[C@@H]2Cc3ccccc3CN2)C[C@@]1(N)C(=O)O. The highest BCUT2D eigenvalue weighted by atomic mass is 16.4. The van der Waals surface area contributed by atoms with E-state index in [4.69, 9.17) is 13.6 Å². The van der Waals surface area contributed by atoms with Crippen molar-refractivity contribution in [3.05, 3.63) is 35.4 Å². The van der Waals surface area contributed by atoms with Gasteiger partial charge in [0.25, 0.3) is 0 Å². The molecule has 2 aliphatic heterocycles. The molecule has 5 nitrogen and oxygen atoms in total. The fourth-order valence-electron chi connectivity index (χ4n) is 4.09. The number of nitrogens with zero attached hydrogens (tertiary/aromatic N) is 1. The normalized spacial score (nSPS) is 30.2. The van der Waals surface area contributed by atoms with Crippen LogP contribution in [0.3, 0.4) is 0 Å². The Morgan fingerprint density at radius 3 is 2.88 bits per heavy atom. The number of benzene rings is 1. The summed E-state index contributed by atoms with van der Waals surface area (Å²) in [6, 6.07) is 8.83. The average molecular weight is 327 g/mol. The maximum Gasteiger partial charge on any atom is 0.325 e. The molecule has 0 aliphatic carbocycles. The molecule has 1 saturated heterocycles. The van der Waals surface area contributed by atoms with Gasteiger partial charge in [-0.25, -0.2) is 0 Å². The van der Waals surface area contributed by atoms with Gasteiger partial charge in [0.2, 0.25) is 0 Å². The van der Waals surface area contributed by atoms with E-state index in [0.29, 0.717) is 18.9 Å². The van der Waals surface area contributed by atoms with E-state index in [1.54, 1.807) is 0 Å². The van der Waals surface area contributed by atoms with Crippen LogP contribution in [0.15, 0.2) is 24.3 Å². The molecular weight excluding hydrogens is 301 g/mol. The van der Waals surface area contributed by atoms with Gasteiger partial charge in [-0.2, -0.15) is 0 Å². The molecule has 1 fully saturated rings. The summed E-state index contributed by atoms with van der Waals surface area (Å²) in [6.07, 6.45) is 3.15. The van der Waals surface area contributed by atoms with Crippen molar-refractivity contribution >= 4 is 13.8 Å². The lowest BCUT2D eigenvalue weighted by atomic mass is 9.83. The van der Waals surface area contributed by atoms with Crippen molar-refractivity contribution < 1.29 is 9.90 Å². The summed E-state index contributed by atoms with van der Waals surface area (Å²) >= 11 is 0. The van der Waals surface area contributed by atoms with Crippen molar-refractivity contribution in [2.75, 3.05) is 19.6 Å². The quantitative estimate of drug-likeness (QED) is 0.673. The number of fused-ring (bicyclic) bond motifs is 1. The molecule has 0 amide bonds. The van der Waals surface area contributed by atoms with Crippen molar-refractivity contribution in [1.29, 1.82) is 0 Å². The second kappa shape index (κ2) is 7.25. The lowest BCUT2D eigenvalue weighted by Gasteiger charge is -2.30. The van der Waals surface area contributed by atoms with Crippen LogP contribution < -0.4 is 11.1 Å². The number of hydrogen-bond acceptors (Lipinski definition) is 4. The third-order valence-corrected chi connectivity index (χ3v) is 5.49. The summed E-state index contributed by atoms with van der Waals surface area (Å²) in [5.74, 6) is -0.927. The smallest absolute Gasteiger partial charge is 0.325 e. The second-order valence-corrected chi connectivity index (χ2v) is 7.22. The van der Waals surface area contributed by atoms with Crippen LogP contribution >= 0.6 is 0 Å². The van der Waals surface area contributed by atoms with Crippen LogP contribution in [-0.4, -0.2) is 55.0 Å². The largest absolute Gasteiger partial charge is 0.480 e. The van der Waals surface area contributed by atoms with E-state index in [-0.39, 0.29) is 5.92 Å². The zero-order chi connectivity index (χ0) is 17.2. The van der Waals surface area contributed by atoms with Gasteiger partial charge in [0.15, 0.2) is 0 Å². The standard InChI is InChI=1S/C18H26BN3O2/c19-7-3-6-15-10-22(12-18(15,20)17(23)24)11-16-8-13-4-1-2-5-14(13)9-21-16/h1-2,4-5,15-16,21H,3,6-12,20H2,(H,23,24)/t15-,16-,18-/m0/s1. The van der Waals surface area contributed by atoms with E-state index in [9.17, 15) is 9.90 Å². The first kappa shape index (κ1) is 17.5. The zero-order valence-electron chi connectivity index (χ0n) is 14.1. The minimum Gasteiger partial charge on any atom is -0.480 e. The van der Waals surface area contributed by atoms with Gasteiger partial charge in [0.1, 0.15) is 5.54 Å². The van der Waals surface area contributed by atoms with E-state index in [1.807, 2.05) is 0 Å². The molecule has 1 aromatic carbocycles. The van der Waals surface area contributed by atoms with Gasteiger partial charge in [0.05, 0.1) is 7.85 Å². The molecule has 6 heteroatoms. The number of hydrogen-bond donors (Lipinski definition) is 3. The highest BCUT2D eigenvalue weighted by molar-refractivity contribution is 6.08. The van der Waals surface area contributed by atoms with E-state index >= 15 is 0 Å². The first-order valence-corrected chi connectivity index (χ1v) is 8.78. The number of carboxylic acid groups (broad SMARTS) is 1. The van der Waals surface area contributed by atoms with Gasteiger partial charge in [-0.3, -0.25) is 9.69 Å². The number of nitrogens with two attached hydrogens (primary N) is 1. The Hall–Kier alpha value is -1.37. The Morgan fingerprint density at radius 2 is 2.17 bits per heavy atom. The summed E-state index contributed by atoms with van der Waals surface area (Å²) in [5, 5.41) is 13.2. The molecule has 128 valence electrons. The molecule has 24 heavy (non-hydrogen) atoms. The number of likely N-dealkylation sites (tertiary alicyclic amines) is 1. The molecule has 0 unspecified atom stereocenters. The first-order chi connectivity index (χ1) is 11.5. The summed E-state index contributed by atoms with van der Waals surface area (Å²) in [6.45, 7) is 2.86. The van der Waals surface area contributed by atoms with Gasteiger partial charge in [-0.1, -0.05) is 37.0 Å². The van der Waals surface area contributed by atoms with E-state index in [2.05, 4.69) is 34.5 Å². The Kier molecular flexibility index (Phi) is 5.28. The van der Waals surface area contributed by atoms with Crippen LogP contribution in [0, 0.1) is 5.92 Å². The van der Waals surface area contributed by atoms with Crippen molar-refractivity contribution in [3.8, 4) is 0 Å². The van der Waals surface area contributed by atoms with Crippen LogP contribution in [0.25, 0.3) is 0 Å². The average Bonchev–Trinajstić information content (AvgIpc) is 2.89. The molecule has 3 rings (SSSR count). The molecule has 2 heterocycles. The van der Waals surface area contributed by atoms with Gasteiger partial charge in [0, 0.05) is 38.1 Å². The minimum atomic E-state index is -1.15. The fourth-order valence-corrected chi connectivity index (χ4v) is 4.09. The predicted molar refractivity (Wildman–Crippen MR) is 95.1 cm³/mol. The Bertz CT molecular complexity index is 597. The van der Waals surface area contributed by atoms with Crippen molar-refractivity contribution in [1.82, 2.24) is 10.2 Å². The van der Waals surface area contributed by atoms with Gasteiger partial charge in [-0.15, -0.1) is 0 Å². The number of rotatable bonds is 6. The van der Waals surface area contributed by atoms with Crippen LogP contribution in [-0.2, 0) is 17.8 Å². The maximum absolute atomic E-state index is 11.7. The third-order valence-electron chi connectivity index (χ3n) is 5.49. The van der Waals surface area contributed by atoms with Crippen molar-refractivity contribution in [2.24, 2.45) is 11.7 Å². The van der Waals surface area contributed by atoms with Gasteiger partial charge >= 0.3 is 5.97 Å². The molecule has 0 aromatic heterocycles. The summed E-state index contributed by atoms with van der Waals surface area (Å²) in [4.78, 5) is 13.9. The van der Waals surface area contributed by atoms with Crippen molar-refractivity contribution in [2.45, 2.75) is 43.7 Å². The Morgan fingerprint density at radius 1 is 1.42 bits per heavy atom. The summed E-state index contributed by atoms with van der Waals surface area (Å²) < 4.78 is 0. The van der Waals surface area contributed by atoms with Gasteiger partial charge < -0.3 is 16.2 Å². The molecule has 3 atom stereocenters. The topological polar surface area (TPSA) is 78.6 Å². The molecule has 2 radical (unpaired) electrons. The molecule has 0 spiro atoms. The van der Waals surface area contributed by atoms with Crippen LogP contribution in [0.4, 0.5) is 0 Å². The highest BCUT2D eigenvalue weighted by Gasteiger charge is 2.49. The lowest BCUT2D eigenvalue weighted by molar-refractivity contribution is -0.144. The van der Waals surface area contributed by atoms with E-state index in [1.165, 1.54) is 11.1 Å². The lowest BCUT2D eigenvalue weighted by Crippen LogP contribution is -2.55. The molecule has 1 aromatic rings. The third kappa shape index (κ3) is 3.51. The van der Waals surface area contributed by atoms with E-state index in [0.717, 1.165) is 38.9 Å². The van der Waals surface area contributed by atoms with Crippen molar-refractivity contribution in [3.63, 3.8) is 0 Å². The number of nitrogens with one attached hydrogen (secondary N) is 1. The first-order valence-electron chi connectivity index (χ1n) is 8.78. The molecular formula is C18H26BN3O2. The van der Waals surface area contributed by atoms with Gasteiger partial charge in [-0.05, 0) is 24.0 Å². The Labute approximate surface area is 145 Å². The number of carboxylic acids is 1. The fraction of sp³-hybridized carbons (Fsp3) is 0.611. The monoisotopic (exact) mass is 327 g/mol. The van der Waals surface area contributed by atoms with E-state index < -0.39 is 11.5 Å². The van der Waals surface area contributed by atoms with Crippen LogP contribution in [0.1, 0.15) is 24.0 Å². The van der Waals surface area contributed by atoms with Crippen LogP contribution in [0.5, 0.6) is 0 Å². The highest BCUT2D eigenvalue weighted by Crippen LogP contribution is 2.30. The minimum absolute atomic E-state index is 0.0329. The summed E-state index contributed by atoms with van der Waals surface area (Å²) in [5.41, 5.74) is 7.85. The number of aliphatic carboxylic acids is 1. The summed E-state index contributed by atoms with van der Waals surface area (Å²) in [7, 11) is 5.59. The number of carbonyl (C=O) groups is 1. The molecule has 0 saturated carbocycles.